The number of ether oxygens (including phenoxy) is 2. The Morgan fingerprint density at radius 1 is 1.33 bits per heavy atom. The van der Waals surface area contributed by atoms with Crippen molar-refractivity contribution in [2.45, 2.75) is 6.04 Å². The van der Waals surface area contributed by atoms with Crippen molar-refractivity contribution in [3.05, 3.63) is 4.91 Å². The average Bonchev–Trinajstić information content (AvgIpc) is 1.88. The van der Waals surface area contributed by atoms with E-state index in [1.807, 2.05) is 0 Å². The Hall–Kier alpha value is -0.480. The standard InChI is InChI=1S/C5H11NO3/c1-8-3-5(6-7)4-9-2/h5H,3-4H2,1-2H3. The molecule has 0 N–H and O–H groups in total. The second-order valence-electron chi connectivity index (χ2n) is 1.67. The van der Waals surface area contributed by atoms with Gasteiger partial charge < -0.3 is 9.47 Å². The summed E-state index contributed by atoms with van der Waals surface area (Å²) in [5, 5.41) is 2.77. The maximum absolute atomic E-state index is 9.87. The van der Waals surface area contributed by atoms with Gasteiger partial charge in [-0.15, -0.1) is 0 Å². The van der Waals surface area contributed by atoms with Crippen LogP contribution in [0.2, 0.25) is 0 Å². The van der Waals surface area contributed by atoms with Gasteiger partial charge in [0.2, 0.25) is 0 Å². The van der Waals surface area contributed by atoms with Gasteiger partial charge in [0.05, 0.1) is 13.2 Å². The number of methoxy groups -OCH3 is 2. The van der Waals surface area contributed by atoms with Crippen LogP contribution in [0.4, 0.5) is 0 Å². The van der Waals surface area contributed by atoms with Crippen LogP contribution in [0.25, 0.3) is 0 Å². The molecule has 0 saturated carbocycles. The molecular weight excluding hydrogens is 122 g/mol. The van der Waals surface area contributed by atoms with E-state index in [4.69, 9.17) is 0 Å². The zero-order chi connectivity index (χ0) is 7.11. The smallest absolute Gasteiger partial charge is 0.138 e. The van der Waals surface area contributed by atoms with Gasteiger partial charge in [-0.05, 0) is 0 Å². The Morgan fingerprint density at radius 3 is 2.00 bits per heavy atom. The van der Waals surface area contributed by atoms with Crippen LogP contribution in [-0.2, 0) is 9.47 Å². The molecule has 4 nitrogen and oxygen atoms in total. The molecule has 0 spiro atoms. The predicted octanol–water partition coefficient (Wildman–Crippen LogP) is 0.414. The highest BCUT2D eigenvalue weighted by Crippen LogP contribution is 1.90. The maximum Gasteiger partial charge on any atom is 0.138 e. The normalized spacial score (nSPS) is 10.1. The van der Waals surface area contributed by atoms with Gasteiger partial charge in [0.1, 0.15) is 6.04 Å². The van der Waals surface area contributed by atoms with E-state index in [-0.39, 0.29) is 6.04 Å². The van der Waals surface area contributed by atoms with Crippen molar-refractivity contribution in [3.8, 4) is 0 Å². The van der Waals surface area contributed by atoms with Crippen LogP contribution in [0.1, 0.15) is 0 Å². The van der Waals surface area contributed by atoms with Crippen molar-refractivity contribution in [2.75, 3.05) is 27.4 Å². The number of rotatable bonds is 5. The van der Waals surface area contributed by atoms with Crippen molar-refractivity contribution in [1.29, 1.82) is 0 Å². The largest absolute Gasteiger partial charge is 0.382 e. The minimum Gasteiger partial charge on any atom is -0.382 e. The Morgan fingerprint density at radius 2 is 1.78 bits per heavy atom. The van der Waals surface area contributed by atoms with Crippen molar-refractivity contribution < 1.29 is 9.47 Å². The van der Waals surface area contributed by atoms with Gasteiger partial charge in [-0.1, -0.05) is 5.18 Å². The summed E-state index contributed by atoms with van der Waals surface area (Å²) in [5.41, 5.74) is 0. The molecule has 0 aliphatic carbocycles. The molecule has 0 amide bonds. The molecule has 4 heteroatoms. The van der Waals surface area contributed by atoms with Crippen LogP contribution in [0, 0.1) is 4.91 Å². The lowest BCUT2D eigenvalue weighted by molar-refractivity contribution is 0.119. The van der Waals surface area contributed by atoms with Gasteiger partial charge >= 0.3 is 0 Å². The molecule has 0 bridgehead atoms. The van der Waals surface area contributed by atoms with Gasteiger partial charge in [0.15, 0.2) is 0 Å². The van der Waals surface area contributed by atoms with E-state index in [9.17, 15) is 4.91 Å². The highest BCUT2D eigenvalue weighted by molar-refractivity contribution is 4.61. The molecule has 0 unspecified atom stereocenters. The van der Waals surface area contributed by atoms with Crippen LogP contribution in [0.3, 0.4) is 0 Å². The minimum absolute atomic E-state index is 0.331. The summed E-state index contributed by atoms with van der Waals surface area (Å²) in [6, 6.07) is -0.361. The number of hydrogen-bond acceptors (Lipinski definition) is 4. The molecule has 0 saturated heterocycles. The lowest BCUT2D eigenvalue weighted by Crippen LogP contribution is -2.17. The van der Waals surface area contributed by atoms with E-state index in [0.29, 0.717) is 13.2 Å². The summed E-state index contributed by atoms with van der Waals surface area (Å²) in [6.45, 7) is 0.661. The first-order valence-electron chi connectivity index (χ1n) is 2.65. The second kappa shape index (κ2) is 5.65. The number of nitrogens with zero attached hydrogens (tertiary/aromatic N) is 1. The average molecular weight is 133 g/mol. The number of hydrogen-bond donors (Lipinski definition) is 0. The minimum atomic E-state index is -0.361. The summed E-state index contributed by atoms with van der Waals surface area (Å²) in [7, 11) is 3.04. The van der Waals surface area contributed by atoms with E-state index in [1.165, 1.54) is 14.2 Å². The fourth-order valence-corrected chi connectivity index (χ4v) is 0.494. The highest BCUT2D eigenvalue weighted by atomic mass is 16.5. The van der Waals surface area contributed by atoms with Crippen molar-refractivity contribution in [3.63, 3.8) is 0 Å². The zero-order valence-corrected chi connectivity index (χ0v) is 5.66. The van der Waals surface area contributed by atoms with Crippen LogP contribution in [0.15, 0.2) is 5.18 Å². The summed E-state index contributed by atoms with van der Waals surface area (Å²) in [5.74, 6) is 0. The van der Waals surface area contributed by atoms with Crippen LogP contribution >= 0.6 is 0 Å². The fourth-order valence-electron chi connectivity index (χ4n) is 0.494. The Bertz CT molecular complexity index is 70.6. The summed E-state index contributed by atoms with van der Waals surface area (Å²) in [6.07, 6.45) is 0. The zero-order valence-electron chi connectivity index (χ0n) is 5.66. The van der Waals surface area contributed by atoms with Crippen molar-refractivity contribution in [1.82, 2.24) is 0 Å². The second-order valence-corrected chi connectivity index (χ2v) is 1.67. The molecule has 0 heterocycles. The molecule has 0 radical (unpaired) electrons. The van der Waals surface area contributed by atoms with Crippen molar-refractivity contribution >= 4 is 0 Å². The fraction of sp³-hybridized carbons (Fsp3) is 1.00. The van der Waals surface area contributed by atoms with E-state index in [1.54, 1.807) is 0 Å². The van der Waals surface area contributed by atoms with Gasteiger partial charge in [0.25, 0.3) is 0 Å². The van der Waals surface area contributed by atoms with Gasteiger partial charge in [0, 0.05) is 14.2 Å². The monoisotopic (exact) mass is 133 g/mol. The van der Waals surface area contributed by atoms with E-state index in [0.717, 1.165) is 0 Å². The molecule has 0 aromatic heterocycles. The quantitative estimate of drug-likeness (QED) is 0.510. The first-order chi connectivity index (χ1) is 4.35. The summed E-state index contributed by atoms with van der Waals surface area (Å²) in [4.78, 5) is 9.87. The molecular formula is C5H11NO3. The molecule has 0 fully saturated rings. The summed E-state index contributed by atoms with van der Waals surface area (Å²) < 4.78 is 9.35. The van der Waals surface area contributed by atoms with E-state index >= 15 is 0 Å². The molecule has 0 aliphatic rings. The highest BCUT2D eigenvalue weighted by Gasteiger charge is 2.05. The third kappa shape index (κ3) is 4.05. The first-order valence-corrected chi connectivity index (χ1v) is 2.65. The van der Waals surface area contributed by atoms with Crippen LogP contribution < -0.4 is 0 Å². The molecule has 0 atom stereocenters. The third-order valence-electron chi connectivity index (χ3n) is 0.867. The van der Waals surface area contributed by atoms with E-state index < -0.39 is 0 Å². The third-order valence-corrected chi connectivity index (χ3v) is 0.867. The SMILES string of the molecule is COCC(COC)N=O. The molecule has 54 valence electrons. The summed E-state index contributed by atoms with van der Waals surface area (Å²) >= 11 is 0. The molecule has 0 aromatic carbocycles. The topological polar surface area (TPSA) is 47.9 Å². The molecule has 0 aromatic rings. The van der Waals surface area contributed by atoms with E-state index in [2.05, 4.69) is 14.7 Å². The van der Waals surface area contributed by atoms with Crippen molar-refractivity contribution in [2.24, 2.45) is 5.18 Å². The maximum atomic E-state index is 9.87. The van der Waals surface area contributed by atoms with Crippen LogP contribution in [0.5, 0.6) is 0 Å². The lowest BCUT2D eigenvalue weighted by atomic mass is 10.4. The predicted molar refractivity (Wildman–Crippen MR) is 33.3 cm³/mol. The molecule has 9 heavy (non-hydrogen) atoms. The Labute approximate surface area is 54.1 Å². The van der Waals surface area contributed by atoms with Gasteiger partial charge in [-0.2, -0.15) is 4.91 Å². The van der Waals surface area contributed by atoms with Gasteiger partial charge in [-0.25, -0.2) is 0 Å². The molecule has 0 rings (SSSR count). The Balaban J connectivity index is 3.29. The lowest BCUT2D eigenvalue weighted by Gasteiger charge is -2.04. The van der Waals surface area contributed by atoms with Crippen LogP contribution in [-0.4, -0.2) is 33.5 Å². The van der Waals surface area contributed by atoms with Gasteiger partial charge in [-0.3, -0.25) is 0 Å². The number of nitroso groups, excluding NO2 is 1. The molecule has 0 aliphatic heterocycles. The Kier molecular flexibility index (Phi) is 5.35. The first kappa shape index (κ1) is 8.52.